The molecule has 0 heterocycles. The van der Waals surface area contributed by atoms with Crippen LogP contribution in [0.4, 0.5) is 4.39 Å². The molecule has 1 aromatic carbocycles. The number of sulfonamides is 1. The lowest BCUT2D eigenvalue weighted by atomic mass is 10.3. The smallest absolute Gasteiger partial charge is 0.208 e. The van der Waals surface area contributed by atoms with Crippen LogP contribution in [0.15, 0.2) is 29.3 Å². The highest BCUT2D eigenvalue weighted by Gasteiger charge is 2.06. The maximum absolute atomic E-state index is 13.1. The molecule has 0 radical (unpaired) electrons. The van der Waals surface area contributed by atoms with Gasteiger partial charge in [-0.1, -0.05) is 6.07 Å². The number of aliphatic imine (C=N–C) groups is 1. The first-order valence-corrected chi connectivity index (χ1v) is 9.00. The summed E-state index contributed by atoms with van der Waals surface area (Å²) in [5.74, 6) is 0.633. The SMILES string of the molecule is CN=C(NCCNS(C)(=O)=O)NCC(C)Oc1cccc(F)c1.I. The number of nitrogens with one attached hydrogen (secondary N) is 3. The van der Waals surface area contributed by atoms with Gasteiger partial charge in [-0.25, -0.2) is 17.5 Å². The molecule has 0 bridgehead atoms. The minimum absolute atomic E-state index is 0. The number of nitrogens with zero attached hydrogens (tertiary/aromatic N) is 1. The van der Waals surface area contributed by atoms with Gasteiger partial charge in [0.15, 0.2) is 5.96 Å². The van der Waals surface area contributed by atoms with Gasteiger partial charge < -0.3 is 15.4 Å². The van der Waals surface area contributed by atoms with Crippen LogP contribution in [0.5, 0.6) is 5.75 Å². The predicted molar refractivity (Wildman–Crippen MR) is 104 cm³/mol. The average molecular weight is 474 g/mol. The lowest BCUT2D eigenvalue weighted by Crippen LogP contribution is -2.44. The molecule has 0 amide bonds. The molecule has 1 atom stereocenters. The molecule has 0 saturated carbocycles. The van der Waals surface area contributed by atoms with Crippen molar-refractivity contribution in [1.82, 2.24) is 15.4 Å². The minimum Gasteiger partial charge on any atom is -0.489 e. The number of halogens is 2. The third kappa shape index (κ3) is 10.6. The van der Waals surface area contributed by atoms with Crippen molar-refractivity contribution in [2.45, 2.75) is 13.0 Å². The van der Waals surface area contributed by atoms with E-state index in [-0.39, 0.29) is 42.4 Å². The van der Waals surface area contributed by atoms with E-state index in [0.29, 0.717) is 24.8 Å². The van der Waals surface area contributed by atoms with Gasteiger partial charge in [-0.05, 0) is 19.1 Å². The monoisotopic (exact) mass is 474 g/mol. The summed E-state index contributed by atoms with van der Waals surface area (Å²) in [6.45, 7) is 2.95. The number of guanidine groups is 1. The van der Waals surface area contributed by atoms with Gasteiger partial charge in [0.1, 0.15) is 17.7 Å². The first-order chi connectivity index (χ1) is 10.8. The summed E-state index contributed by atoms with van der Waals surface area (Å²) in [5.41, 5.74) is 0. The standard InChI is InChI=1S/C14H23FN4O3S.HI/c1-11(22-13-6-4-5-12(15)9-13)10-18-14(16-2)17-7-8-19-23(3,20)21;/h4-6,9,11,19H,7-8,10H2,1-3H3,(H2,16,17,18);1H. The summed E-state index contributed by atoms with van der Waals surface area (Å²) in [6, 6.07) is 5.94. The van der Waals surface area contributed by atoms with Crippen LogP contribution in [0.3, 0.4) is 0 Å². The van der Waals surface area contributed by atoms with Gasteiger partial charge in [-0.15, -0.1) is 24.0 Å². The summed E-state index contributed by atoms with van der Waals surface area (Å²) in [6.07, 6.45) is 0.899. The Morgan fingerprint density at radius 2 is 2.04 bits per heavy atom. The van der Waals surface area contributed by atoms with Crippen molar-refractivity contribution >= 4 is 40.0 Å². The van der Waals surface area contributed by atoms with Crippen LogP contribution < -0.4 is 20.1 Å². The number of rotatable bonds is 8. The van der Waals surface area contributed by atoms with E-state index in [4.69, 9.17) is 4.74 Å². The topological polar surface area (TPSA) is 91.8 Å². The molecule has 3 N–H and O–H groups in total. The third-order valence-electron chi connectivity index (χ3n) is 2.70. The molecule has 0 fully saturated rings. The summed E-state index contributed by atoms with van der Waals surface area (Å²) >= 11 is 0. The van der Waals surface area contributed by atoms with Gasteiger partial charge in [0.25, 0.3) is 0 Å². The van der Waals surface area contributed by atoms with Crippen molar-refractivity contribution < 1.29 is 17.5 Å². The molecule has 24 heavy (non-hydrogen) atoms. The molecule has 1 unspecified atom stereocenters. The zero-order valence-electron chi connectivity index (χ0n) is 13.9. The van der Waals surface area contributed by atoms with Gasteiger partial charge in [0, 0.05) is 26.2 Å². The maximum atomic E-state index is 13.1. The van der Waals surface area contributed by atoms with Gasteiger partial charge >= 0.3 is 0 Å². The van der Waals surface area contributed by atoms with E-state index >= 15 is 0 Å². The Balaban J connectivity index is 0.00000529. The lowest BCUT2D eigenvalue weighted by molar-refractivity contribution is 0.223. The maximum Gasteiger partial charge on any atom is 0.208 e. The Morgan fingerprint density at radius 1 is 1.33 bits per heavy atom. The fourth-order valence-corrected chi connectivity index (χ4v) is 2.17. The van der Waals surface area contributed by atoms with Crippen LogP contribution in [-0.2, 0) is 10.0 Å². The van der Waals surface area contributed by atoms with Crippen LogP contribution in [0, 0.1) is 5.82 Å². The van der Waals surface area contributed by atoms with E-state index in [1.165, 1.54) is 12.1 Å². The molecule has 138 valence electrons. The molecule has 0 saturated heterocycles. The number of benzene rings is 1. The minimum atomic E-state index is -3.19. The molecule has 0 aliphatic rings. The highest BCUT2D eigenvalue weighted by Crippen LogP contribution is 2.13. The van der Waals surface area contributed by atoms with Crippen molar-refractivity contribution in [2.75, 3.05) is 32.9 Å². The quantitative estimate of drug-likeness (QED) is 0.226. The second-order valence-electron chi connectivity index (χ2n) is 4.93. The number of ether oxygens (including phenoxy) is 1. The highest BCUT2D eigenvalue weighted by molar-refractivity contribution is 14.0. The molecule has 0 aliphatic carbocycles. The van der Waals surface area contributed by atoms with Crippen LogP contribution in [0.1, 0.15) is 6.92 Å². The van der Waals surface area contributed by atoms with E-state index in [1.54, 1.807) is 19.2 Å². The van der Waals surface area contributed by atoms with Crippen molar-refractivity contribution in [3.8, 4) is 5.75 Å². The summed E-state index contributed by atoms with van der Waals surface area (Å²) in [5, 5.41) is 6.01. The van der Waals surface area contributed by atoms with Crippen molar-refractivity contribution in [2.24, 2.45) is 4.99 Å². The second-order valence-corrected chi connectivity index (χ2v) is 6.77. The van der Waals surface area contributed by atoms with Crippen molar-refractivity contribution in [1.29, 1.82) is 0 Å². The highest BCUT2D eigenvalue weighted by atomic mass is 127. The van der Waals surface area contributed by atoms with Gasteiger partial charge in [-0.2, -0.15) is 0 Å². The zero-order chi connectivity index (χ0) is 17.3. The van der Waals surface area contributed by atoms with E-state index in [9.17, 15) is 12.8 Å². The van der Waals surface area contributed by atoms with Gasteiger partial charge in [0.05, 0.1) is 12.8 Å². The number of hydrogen-bond acceptors (Lipinski definition) is 4. The fraction of sp³-hybridized carbons (Fsp3) is 0.500. The predicted octanol–water partition coefficient (Wildman–Crippen LogP) is 0.925. The first kappa shape index (κ1) is 22.9. The Kier molecular flexibility index (Phi) is 10.9. The van der Waals surface area contributed by atoms with Crippen LogP contribution >= 0.6 is 24.0 Å². The van der Waals surface area contributed by atoms with Gasteiger partial charge in [-0.3, -0.25) is 4.99 Å². The van der Waals surface area contributed by atoms with Crippen molar-refractivity contribution in [3.63, 3.8) is 0 Å². The Morgan fingerprint density at radius 3 is 2.62 bits per heavy atom. The molecular formula is C14H24FIN4O3S. The van der Waals surface area contributed by atoms with E-state index in [2.05, 4.69) is 20.3 Å². The average Bonchev–Trinajstić information content (AvgIpc) is 2.45. The first-order valence-electron chi connectivity index (χ1n) is 7.11. The molecule has 1 aromatic rings. The lowest BCUT2D eigenvalue weighted by Gasteiger charge is -2.17. The molecule has 1 rings (SSSR count). The molecule has 7 nitrogen and oxygen atoms in total. The van der Waals surface area contributed by atoms with E-state index in [0.717, 1.165) is 6.26 Å². The molecular weight excluding hydrogens is 450 g/mol. The van der Waals surface area contributed by atoms with Crippen LogP contribution in [0.2, 0.25) is 0 Å². The largest absolute Gasteiger partial charge is 0.489 e. The third-order valence-corrected chi connectivity index (χ3v) is 3.42. The molecule has 0 aliphatic heterocycles. The van der Waals surface area contributed by atoms with E-state index in [1.807, 2.05) is 6.92 Å². The van der Waals surface area contributed by atoms with Crippen LogP contribution in [0.25, 0.3) is 0 Å². The normalized spacial score (nSPS) is 12.9. The Labute approximate surface area is 159 Å². The van der Waals surface area contributed by atoms with Crippen LogP contribution in [-0.4, -0.2) is 53.4 Å². The number of hydrogen-bond donors (Lipinski definition) is 3. The van der Waals surface area contributed by atoms with Crippen molar-refractivity contribution in [3.05, 3.63) is 30.1 Å². The fourth-order valence-electron chi connectivity index (χ4n) is 1.69. The van der Waals surface area contributed by atoms with Gasteiger partial charge in [0.2, 0.25) is 10.0 Å². The zero-order valence-corrected chi connectivity index (χ0v) is 17.0. The molecule has 0 spiro atoms. The Hall–Kier alpha value is -1.14. The second kappa shape index (κ2) is 11.4. The summed E-state index contributed by atoms with van der Waals surface area (Å²) in [4.78, 5) is 4.02. The molecule has 0 aromatic heterocycles. The summed E-state index contributed by atoms with van der Waals surface area (Å²) in [7, 11) is -1.58. The Bertz CT molecular complexity index is 628. The summed E-state index contributed by atoms with van der Waals surface area (Å²) < 4.78 is 42.9. The van der Waals surface area contributed by atoms with E-state index < -0.39 is 10.0 Å². The molecule has 10 heteroatoms.